The van der Waals surface area contributed by atoms with Crippen LogP contribution >= 0.6 is 23.2 Å². The first-order chi connectivity index (χ1) is 18.1. The number of aryl methyl sites for hydroxylation is 2. The van der Waals surface area contributed by atoms with Crippen molar-refractivity contribution in [1.82, 2.24) is 19.9 Å². The first-order valence-corrected chi connectivity index (χ1v) is 13.4. The maximum absolute atomic E-state index is 11.7. The number of carbonyl (C=O) groups is 2. The molecular formula is C30H30Cl2N4O2. The molecule has 0 aromatic carbocycles. The number of fused-ring (bicyclic) bond motifs is 8. The highest BCUT2D eigenvalue weighted by molar-refractivity contribution is 6.63. The van der Waals surface area contributed by atoms with Gasteiger partial charge >= 0.3 is 0 Å². The van der Waals surface area contributed by atoms with Crippen LogP contribution in [0.1, 0.15) is 69.0 Å². The van der Waals surface area contributed by atoms with Gasteiger partial charge in [0.25, 0.3) is 0 Å². The summed E-state index contributed by atoms with van der Waals surface area (Å²) >= 11 is 11.4. The molecule has 5 heterocycles. The highest BCUT2D eigenvalue weighted by atomic mass is 35.5. The first-order valence-electron chi connectivity index (χ1n) is 12.7. The monoisotopic (exact) mass is 548 g/mol. The minimum Gasteiger partial charge on any atom is -0.355 e. The number of nitrogens with one attached hydrogen (secondary N) is 4. The van der Waals surface area contributed by atoms with E-state index in [1.54, 1.807) is 0 Å². The Labute approximate surface area is 230 Å². The molecule has 4 aromatic rings. The van der Waals surface area contributed by atoms with E-state index in [4.69, 9.17) is 23.2 Å². The van der Waals surface area contributed by atoms with Crippen molar-refractivity contribution in [2.24, 2.45) is 0 Å². The minimum absolute atomic E-state index is 0.242. The molecule has 0 amide bonds. The van der Waals surface area contributed by atoms with Gasteiger partial charge in [-0.15, -0.1) is 0 Å². The van der Waals surface area contributed by atoms with Crippen molar-refractivity contribution >= 4 is 58.0 Å². The summed E-state index contributed by atoms with van der Waals surface area (Å²) in [4.78, 5) is 37.5. The zero-order chi connectivity index (χ0) is 27.1. The Morgan fingerprint density at radius 3 is 2.03 bits per heavy atom. The van der Waals surface area contributed by atoms with Gasteiger partial charge in [-0.05, 0) is 134 Å². The van der Waals surface area contributed by atoms with Gasteiger partial charge in [-0.3, -0.25) is 9.59 Å². The van der Waals surface area contributed by atoms with Crippen LogP contribution in [0.5, 0.6) is 0 Å². The molecule has 5 rings (SSSR count). The van der Waals surface area contributed by atoms with Crippen LogP contribution in [0, 0.1) is 27.7 Å². The number of rotatable bonds is 6. The molecule has 0 spiro atoms. The molecule has 1 aliphatic rings. The fourth-order valence-corrected chi connectivity index (χ4v) is 5.43. The molecule has 0 saturated heterocycles. The average Bonchev–Trinajstić information content (AvgIpc) is 3.53. The Morgan fingerprint density at radius 1 is 0.632 bits per heavy atom. The van der Waals surface area contributed by atoms with Gasteiger partial charge in [-0.1, -0.05) is 0 Å². The zero-order valence-electron chi connectivity index (χ0n) is 21.9. The van der Waals surface area contributed by atoms with Gasteiger partial charge in [0.2, 0.25) is 10.5 Å². The predicted octanol–water partition coefficient (Wildman–Crippen LogP) is 3.26. The predicted molar refractivity (Wildman–Crippen MR) is 153 cm³/mol. The Bertz CT molecular complexity index is 1830. The van der Waals surface area contributed by atoms with Crippen molar-refractivity contribution in [3.63, 3.8) is 0 Å². The average molecular weight is 550 g/mol. The molecule has 0 unspecified atom stereocenters. The van der Waals surface area contributed by atoms with Crippen LogP contribution in [0.25, 0.3) is 24.3 Å². The van der Waals surface area contributed by atoms with Gasteiger partial charge in [0.15, 0.2) is 0 Å². The number of carbonyl (C=O) groups excluding carboxylic acids is 2. The maximum Gasteiger partial charge on any atom is 0.221 e. The number of halogens is 2. The minimum atomic E-state index is -0.366. The lowest BCUT2D eigenvalue weighted by atomic mass is 10.0. The quantitative estimate of drug-likeness (QED) is 0.245. The molecule has 1 aliphatic heterocycles. The molecule has 196 valence electrons. The fourth-order valence-electron chi connectivity index (χ4n) is 5.24. The van der Waals surface area contributed by atoms with E-state index in [0.717, 1.165) is 77.6 Å². The molecule has 0 fully saturated rings. The summed E-state index contributed by atoms with van der Waals surface area (Å²) in [6, 6.07) is 4.26. The van der Waals surface area contributed by atoms with Crippen LogP contribution in [0.15, 0.2) is 12.1 Å². The van der Waals surface area contributed by atoms with Gasteiger partial charge in [-0.25, -0.2) is 0 Å². The normalized spacial score (nSPS) is 12.4. The van der Waals surface area contributed by atoms with Crippen molar-refractivity contribution < 1.29 is 9.59 Å². The summed E-state index contributed by atoms with van der Waals surface area (Å²) in [7, 11) is 0. The molecule has 0 saturated carbocycles. The SMILES string of the molecule is Cc1cc2[nH]c1C=c1cc(C)c([nH]1)=Cc1[nH]c(c(CCC(=O)Cl)c1C)C=c1[nH]c(c(C)c1CCC(=O)Cl)=C2. The van der Waals surface area contributed by atoms with Crippen molar-refractivity contribution in [2.75, 3.05) is 0 Å². The third-order valence-electron chi connectivity index (χ3n) is 7.37. The number of hydrogen-bond donors (Lipinski definition) is 4. The Hall–Kier alpha value is -3.48. The molecule has 0 radical (unpaired) electrons. The smallest absolute Gasteiger partial charge is 0.221 e. The summed E-state index contributed by atoms with van der Waals surface area (Å²) in [6.07, 6.45) is 9.90. The van der Waals surface area contributed by atoms with Gasteiger partial charge in [0, 0.05) is 57.0 Å². The Morgan fingerprint density at radius 2 is 1.32 bits per heavy atom. The fraction of sp³-hybridized carbons (Fsp3) is 0.267. The lowest BCUT2D eigenvalue weighted by Crippen LogP contribution is -2.13. The zero-order valence-corrected chi connectivity index (χ0v) is 23.4. The van der Waals surface area contributed by atoms with Crippen molar-refractivity contribution in [1.29, 1.82) is 0 Å². The summed E-state index contributed by atoms with van der Waals surface area (Å²) in [5, 5.41) is 3.14. The van der Waals surface area contributed by atoms with Crippen molar-refractivity contribution in [2.45, 2.75) is 53.4 Å². The topological polar surface area (TPSA) is 97.3 Å². The third kappa shape index (κ3) is 5.24. The van der Waals surface area contributed by atoms with Crippen LogP contribution in [0.2, 0.25) is 0 Å². The van der Waals surface area contributed by atoms with E-state index in [9.17, 15) is 9.59 Å². The van der Waals surface area contributed by atoms with Crippen molar-refractivity contribution in [3.8, 4) is 0 Å². The van der Waals surface area contributed by atoms with E-state index < -0.39 is 0 Å². The second-order valence-corrected chi connectivity index (χ2v) is 10.9. The molecule has 8 bridgehead atoms. The van der Waals surface area contributed by atoms with Gasteiger partial charge < -0.3 is 19.9 Å². The summed E-state index contributed by atoms with van der Waals surface area (Å²) in [5.41, 5.74) is 10.3. The van der Waals surface area contributed by atoms with E-state index in [1.165, 1.54) is 0 Å². The summed E-state index contributed by atoms with van der Waals surface area (Å²) in [6.45, 7) is 8.29. The highest BCUT2D eigenvalue weighted by Crippen LogP contribution is 2.22. The number of aromatic nitrogens is 4. The summed E-state index contributed by atoms with van der Waals surface area (Å²) in [5.74, 6) is 0. The Kier molecular flexibility index (Phi) is 7.12. The largest absolute Gasteiger partial charge is 0.355 e. The molecule has 0 aliphatic carbocycles. The second-order valence-electron chi connectivity index (χ2n) is 10.0. The second kappa shape index (κ2) is 10.4. The van der Waals surface area contributed by atoms with Crippen molar-refractivity contribution in [3.05, 3.63) is 89.7 Å². The molecular weight excluding hydrogens is 519 g/mol. The van der Waals surface area contributed by atoms with Crippen LogP contribution in [-0.4, -0.2) is 30.4 Å². The van der Waals surface area contributed by atoms with Gasteiger partial charge in [-0.2, -0.15) is 0 Å². The van der Waals surface area contributed by atoms with E-state index in [-0.39, 0.29) is 23.3 Å². The number of H-pyrrole nitrogens is 4. The van der Waals surface area contributed by atoms with E-state index in [1.807, 2.05) is 0 Å². The van der Waals surface area contributed by atoms with E-state index in [2.05, 4.69) is 84.1 Å². The maximum atomic E-state index is 11.7. The van der Waals surface area contributed by atoms with Crippen LogP contribution < -0.4 is 21.4 Å². The lowest BCUT2D eigenvalue weighted by molar-refractivity contribution is -0.112. The standard InChI is InChI=1S/C30H30Cl2N4O2/c1-15-9-20-12-25-17(3)21(5-7-29(31)37)27(35-25)14-28-22(6-8-30(32)38)18(4)26(36-28)13-24-16(2)10-19(34-24)11-23(15)33-20/h9-14,33-36H,5-8H2,1-4H3. The van der Waals surface area contributed by atoms with Gasteiger partial charge in [0.05, 0.1) is 0 Å². The highest BCUT2D eigenvalue weighted by Gasteiger charge is 2.15. The van der Waals surface area contributed by atoms with Crippen LogP contribution in [0.4, 0.5) is 0 Å². The van der Waals surface area contributed by atoms with E-state index >= 15 is 0 Å². The van der Waals surface area contributed by atoms with E-state index in [0.29, 0.717) is 12.8 Å². The Balaban J connectivity index is 1.84. The molecule has 4 N–H and O–H groups in total. The summed E-state index contributed by atoms with van der Waals surface area (Å²) < 4.78 is 0. The third-order valence-corrected chi connectivity index (χ3v) is 7.75. The molecule has 38 heavy (non-hydrogen) atoms. The first kappa shape index (κ1) is 26.1. The lowest BCUT2D eigenvalue weighted by Gasteiger charge is -2.01. The molecule has 0 atom stereocenters. The number of aromatic amines is 4. The van der Waals surface area contributed by atoms with Gasteiger partial charge in [0.1, 0.15) is 0 Å². The van der Waals surface area contributed by atoms with Crippen LogP contribution in [0.3, 0.4) is 0 Å². The molecule has 8 heteroatoms. The molecule has 6 nitrogen and oxygen atoms in total. The van der Waals surface area contributed by atoms with Crippen LogP contribution in [-0.2, 0) is 22.4 Å². The molecule has 4 aromatic heterocycles. The number of hydrogen-bond acceptors (Lipinski definition) is 2.